The number of fused-ring (bicyclic) bond motifs is 1. The zero-order valence-electron chi connectivity index (χ0n) is 11.8. The summed E-state index contributed by atoms with van der Waals surface area (Å²) in [4.78, 5) is 12.4. The van der Waals surface area contributed by atoms with E-state index >= 15 is 0 Å². The molecule has 20 heavy (non-hydrogen) atoms. The van der Waals surface area contributed by atoms with Crippen LogP contribution in [0, 0.1) is 0 Å². The van der Waals surface area contributed by atoms with E-state index in [9.17, 15) is 4.79 Å². The molecule has 2 aromatic heterocycles. The minimum atomic E-state index is -0.333. The van der Waals surface area contributed by atoms with Gasteiger partial charge in [-0.1, -0.05) is 19.9 Å². The molecule has 0 atom stereocenters. The smallest absolute Gasteiger partial charge is 0.255 e. The Labute approximate surface area is 124 Å². The van der Waals surface area contributed by atoms with Crippen molar-refractivity contribution in [1.29, 1.82) is 0 Å². The lowest BCUT2D eigenvalue weighted by Gasteiger charge is -2.31. The van der Waals surface area contributed by atoms with Gasteiger partial charge in [0.25, 0.3) is 5.91 Å². The van der Waals surface area contributed by atoms with Crippen LogP contribution in [0.4, 0.5) is 0 Å². The molecule has 1 amide bonds. The quantitative estimate of drug-likeness (QED) is 0.886. The van der Waals surface area contributed by atoms with Gasteiger partial charge in [-0.25, -0.2) is 4.52 Å². The van der Waals surface area contributed by atoms with Crippen molar-refractivity contribution >= 4 is 23.8 Å². The molecule has 0 unspecified atom stereocenters. The normalized spacial score (nSPS) is 11.2. The Kier molecular flexibility index (Phi) is 5.53. The molecule has 6 heteroatoms. The number of hydrogen-bond acceptors (Lipinski definition) is 3. The van der Waals surface area contributed by atoms with Crippen molar-refractivity contribution in [2.45, 2.75) is 32.2 Å². The standard InChI is InChI=1S/C14H20N4O.ClH/c1-3-14(4-2,10-15)17-13(19)11-9-16-18-8-6-5-7-12(11)18;/h5-9H,3-4,10,15H2,1-2H3,(H,17,19);1H. The Bertz CT molecular complexity index is 569. The Morgan fingerprint density at radius 2 is 2.10 bits per heavy atom. The average molecular weight is 297 g/mol. The molecule has 3 N–H and O–H groups in total. The van der Waals surface area contributed by atoms with Gasteiger partial charge in [-0.15, -0.1) is 12.4 Å². The Balaban J connectivity index is 0.00000200. The van der Waals surface area contributed by atoms with Gasteiger partial charge in [0, 0.05) is 12.7 Å². The number of carbonyl (C=O) groups excluding carboxylic acids is 1. The first kappa shape index (κ1) is 16.5. The molecule has 0 radical (unpaired) electrons. The third kappa shape index (κ3) is 2.94. The van der Waals surface area contributed by atoms with Gasteiger partial charge >= 0.3 is 0 Å². The lowest BCUT2D eigenvalue weighted by molar-refractivity contribution is 0.0897. The van der Waals surface area contributed by atoms with Crippen molar-refractivity contribution in [2.75, 3.05) is 6.54 Å². The molecule has 110 valence electrons. The summed E-state index contributed by atoms with van der Waals surface area (Å²) in [6.45, 7) is 4.50. The highest BCUT2D eigenvalue weighted by molar-refractivity contribution is 6.00. The van der Waals surface area contributed by atoms with E-state index < -0.39 is 0 Å². The van der Waals surface area contributed by atoms with Crippen molar-refractivity contribution in [3.8, 4) is 0 Å². The number of pyridine rings is 1. The van der Waals surface area contributed by atoms with E-state index in [4.69, 9.17) is 5.73 Å². The van der Waals surface area contributed by atoms with Crippen molar-refractivity contribution in [3.63, 3.8) is 0 Å². The van der Waals surface area contributed by atoms with Gasteiger partial charge in [0.2, 0.25) is 0 Å². The van der Waals surface area contributed by atoms with E-state index in [-0.39, 0.29) is 23.9 Å². The van der Waals surface area contributed by atoms with Crippen LogP contribution in [-0.4, -0.2) is 27.6 Å². The SMILES string of the molecule is CCC(CC)(CN)NC(=O)c1cnn2ccccc12.Cl. The largest absolute Gasteiger partial charge is 0.345 e. The molecular formula is C14H21ClN4O. The fraction of sp³-hybridized carbons (Fsp3) is 0.429. The second kappa shape index (κ2) is 6.72. The average Bonchev–Trinajstić information content (AvgIpc) is 2.89. The minimum absolute atomic E-state index is 0. The summed E-state index contributed by atoms with van der Waals surface area (Å²) < 4.78 is 1.69. The van der Waals surface area contributed by atoms with E-state index in [0.717, 1.165) is 18.4 Å². The van der Waals surface area contributed by atoms with E-state index in [1.165, 1.54) is 0 Å². The number of nitrogens with one attached hydrogen (secondary N) is 1. The predicted molar refractivity (Wildman–Crippen MR) is 82.3 cm³/mol. The summed E-state index contributed by atoms with van der Waals surface area (Å²) in [7, 11) is 0. The monoisotopic (exact) mass is 296 g/mol. The highest BCUT2D eigenvalue weighted by Crippen LogP contribution is 2.16. The molecule has 0 aliphatic carbocycles. The van der Waals surface area contributed by atoms with Crippen molar-refractivity contribution in [1.82, 2.24) is 14.9 Å². The first-order chi connectivity index (χ1) is 9.15. The van der Waals surface area contributed by atoms with Gasteiger partial charge in [-0.2, -0.15) is 5.10 Å². The molecule has 2 rings (SSSR count). The summed E-state index contributed by atoms with van der Waals surface area (Å²) in [6.07, 6.45) is 5.04. The van der Waals surface area contributed by atoms with Crippen LogP contribution in [0.2, 0.25) is 0 Å². The first-order valence-electron chi connectivity index (χ1n) is 6.60. The summed E-state index contributed by atoms with van der Waals surface area (Å²) in [5.41, 5.74) is 6.86. The molecule has 0 bridgehead atoms. The lowest BCUT2D eigenvalue weighted by Crippen LogP contribution is -2.52. The summed E-state index contributed by atoms with van der Waals surface area (Å²) in [5, 5.41) is 7.23. The number of hydrogen-bond donors (Lipinski definition) is 2. The Morgan fingerprint density at radius 1 is 1.40 bits per heavy atom. The molecule has 0 aliphatic rings. The topological polar surface area (TPSA) is 72.4 Å². The van der Waals surface area contributed by atoms with Gasteiger partial charge in [0.1, 0.15) is 0 Å². The third-order valence-corrected chi connectivity index (χ3v) is 3.79. The maximum absolute atomic E-state index is 12.4. The van der Waals surface area contributed by atoms with Crippen LogP contribution in [0.5, 0.6) is 0 Å². The molecule has 2 aromatic rings. The fourth-order valence-corrected chi connectivity index (χ4v) is 2.18. The van der Waals surface area contributed by atoms with Crippen LogP contribution in [0.3, 0.4) is 0 Å². The number of carbonyl (C=O) groups is 1. The van der Waals surface area contributed by atoms with E-state index in [1.54, 1.807) is 10.7 Å². The molecule has 0 aromatic carbocycles. The fourth-order valence-electron chi connectivity index (χ4n) is 2.18. The zero-order chi connectivity index (χ0) is 13.9. The molecule has 0 saturated heterocycles. The van der Waals surface area contributed by atoms with Crippen molar-refractivity contribution < 1.29 is 4.79 Å². The summed E-state index contributed by atoms with van der Waals surface area (Å²) in [5.74, 6) is -0.115. The second-order valence-corrected chi connectivity index (χ2v) is 4.73. The molecule has 0 fully saturated rings. The van der Waals surface area contributed by atoms with Crippen LogP contribution >= 0.6 is 12.4 Å². The third-order valence-electron chi connectivity index (χ3n) is 3.79. The number of amides is 1. The van der Waals surface area contributed by atoms with E-state index in [1.807, 2.05) is 38.2 Å². The first-order valence-corrected chi connectivity index (χ1v) is 6.60. The maximum atomic E-state index is 12.4. The van der Waals surface area contributed by atoms with E-state index in [0.29, 0.717) is 12.1 Å². The number of nitrogens with two attached hydrogens (primary N) is 1. The molecule has 0 saturated carbocycles. The lowest BCUT2D eigenvalue weighted by atomic mass is 9.92. The molecule has 5 nitrogen and oxygen atoms in total. The molecule has 0 spiro atoms. The van der Waals surface area contributed by atoms with Crippen LogP contribution < -0.4 is 11.1 Å². The van der Waals surface area contributed by atoms with E-state index in [2.05, 4.69) is 10.4 Å². The Morgan fingerprint density at radius 3 is 2.70 bits per heavy atom. The number of nitrogens with zero attached hydrogens (tertiary/aromatic N) is 2. The van der Waals surface area contributed by atoms with Gasteiger partial charge in [0.05, 0.1) is 22.8 Å². The van der Waals surface area contributed by atoms with Crippen LogP contribution in [0.1, 0.15) is 37.0 Å². The van der Waals surface area contributed by atoms with Gasteiger partial charge in [-0.05, 0) is 25.0 Å². The van der Waals surface area contributed by atoms with Crippen molar-refractivity contribution in [2.24, 2.45) is 5.73 Å². The van der Waals surface area contributed by atoms with Crippen LogP contribution in [0.25, 0.3) is 5.52 Å². The van der Waals surface area contributed by atoms with Gasteiger partial charge in [0.15, 0.2) is 0 Å². The number of halogens is 1. The summed E-state index contributed by atoms with van der Waals surface area (Å²) in [6, 6.07) is 5.65. The highest BCUT2D eigenvalue weighted by Gasteiger charge is 2.27. The number of aromatic nitrogens is 2. The molecular weight excluding hydrogens is 276 g/mol. The second-order valence-electron chi connectivity index (χ2n) is 4.73. The van der Waals surface area contributed by atoms with Crippen LogP contribution in [0.15, 0.2) is 30.6 Å². The highest BCUT2D eigenvalue weighted by atomic mass is 35.5. The van der Waals surface area contributed by atoms with Crippen LogP contribution in [-0.2, 0) is 0 Å². The van der Waals surface area contributed by atoms with Gasteiger partial charge < -0.3 is 11.1 Å². The van der Waals surface area contributed by atoms with Gasteiger partial charge in [-0.3, -0.25) is 4.79 Å². The van der Waals surface area contributed by atoms with Crippen molar-refractivity contribution in [3.05, 3.63) is 36.2 Å². The molecule has 2 heterocycles. The predicted octanol–water partition coefficient (Wildman–Crippen LogP) is 2.00. The molecule has 0 aliphatic heterocycles. The maximum Gasteiger partial charge on any atom is 0.255 e. The number of rotatable bonds is 5. The minimum Gasteiger partial charge on any atom is -0.345 e. The summed E-state index contributed by atoms with van der Waals surface area (Å²) >= 11 is 0. The zero-order valence-corrected chi connectivity index (χ0v) is 12.6. The Hall–Kier alpha value is -1.59.